The third-order valence-corrected chi connectivity index (χ3v) is 6.81. The van der Waals surface area contributed by atoms with Gasteiger partial charge in [-0.15, -0.1) is 0 Å². The zero-order valence-electron chi connectivity index (χ0n) is 16.4. The number of hydrogen-bond donors (Lipinski definition) is 1. The number of benzene rings is 2. The zero-order chi connectivity index (χ0) is 21.6. The maximum atomic E-state index is 13.0. The maximum absolute atomic E-state index is 13.0. The van der Waals surface area contributed by atoms with Crippen LogP contribution in [0, 0.1) is 17.6 Å². The predicted octanol–water partition coefficient (Wildman–Crippen LogP) is 2.70. The van der Waals surface area contributed by atoms with E-state index in [0.717, 1.165) is 0 Å². The van der Waals surface area contributed by atoms with Gasteiger partial charge in [-0.3, -0.25) is 4.79 Å². The minimum absolute atomic E-state index is 0.131. The van der Waals surface area contributed by atoms with Crippen LogP contribution in [0.4, 0.5) is 8.78 Å². The zero-order valence-corrected chi connectivity index (χ0v) is 17.2. The van der Waals surface area contributed by atoms with E-state index in [2.05, 4.69) is 5.32 Å². The lowest BCUT2D eigenvalue weighted by molar-refractivity contribution is -0.126. The lowest BCUT2D eigenvalue weighted by atomic mass is 9.97. The van der Waals surface area contributed by atoms with Gasteiger partial charge in [-0.1, -0.05) is 12.1 Å². The van der Waals surface area contributed by atoms with E-state index >= 15 is 0 Å². The van der Waals surface area contributed by atoms with E-state index < -0.39 is 15.8 Å². The molecule has 1 aliphatic heterocycles. The topological polar surface area (TPSA) is 75.7 Å². The highest BCUT2D eigenvalue weighted by atomic mass is 32.2. The summed E-state index contributed by atoms with van der Waals surface area (Å²) in [7, 11) is -3.52. The van der Waals surface area contributed by atoms with Gasteiger partial charge in [0.2, 0.25) is 15.9 Å². The summed E-state index contributed by atoms with van der Waals surface area (Å²) in [6, 6.07) is 11.0. The predicted molar refractivity (Wildman–Crippen MR) is 108 cm³/mol. The Bertz CT molecular complexity index is 942. The summed E-state index contributed by atoms with van der Waals surface area (Å²) in [6.45, 7) is 1.10. The molecule has 2 aromatic rings. The number of hydrogen-bond acceptors (Lipinski definition) is 4. The summed E-state index contributed by atoms with van der Waals surface area (Å²) in [5.74, 6) is -0.815. The Morgan fingerprint density at radius 1 is 1.00 bits per heavy atom. The number of amides is 1. The largest absolute Gasteiger partial charge is 0.492 e. The van der Waals surface area contributed by atoms with Crippen LogP contribution < -0.4 is 10.1 Å². The SMILES string of the molecule is O=C(NCCOc1ccc(F)cc1)C1CCN(S(=O)(=O)Cc2ccc(F)cc2)CC1. The minimum Gasteiger partial charge on any atom is -0.492 e. The summed E-state index contributed by atoms with van der Waals surface area (Å²) < 4.78 is 57.8. The lowest BCUT2D eigenvalue weighted by Gasteiger charge is -2.30. The molecule has 1 heterocycles. The van der Waals surface area contributed by atoms with E-state index in [-0.39, 0.29) is 43.1 Å². The molecule has 1 aliphatic rings. The molecule has 1 amide bonds. The fraction of sp³-hybridized carbons (Fsp3) is 0.381. The Kier molecular flexibility index (Phi) is 7.38. The molecule has 30 heavy (non-hydrogen) atoms. The van der Waals surface area contributed by atoms with Crippen molar-refractivity contribution in [2.45, 2.75) is 18.6 Å². The Labute approximate surface area is 174 Å². The molecule has 0 aliphatic carbocycles. The number of carbonyl (C=O) groups is 1. The van der Waals surface area contributed by atoms with Crippen LogP contribution in [0.1, 0.15) is 18.4 Å². The number of nitrogens with zero attached hydrogens (tertiary/aromatic N) is 1. The van der Waals surface area contributed by atoms with E-state index in [4.69, 9.17) is 4.74 Å². The summed E-state index contributed by atoms with van der Waals surface area (Å²) in [4.78, 5) is 12.3. The van der Waals surface area contributed by atoms with Crippen molar-refractivity contribution in [1.82, 2.24) is 9.62 Å². The van der Waals surface area contributed by atoms with E-state index in [1.54, 1.807) is 0 Å². The molecule has 3 rings (SSSR count). The highest BCUT2D eigenvalue weighted by Gasteiger charge is 2.31. The normalized spacial score (nSPS) is 15.7. The standard InChI is InChI=1S/C21H24F2N2O4S/c22-18-3-1-16(2-4-18)15-30(27,28)25-12-9-17(10-13-25)21(26)24-11-14-29-20-7-5-19(23)6-8-20/h1-8,17H,9-15H2,(H,24,26). The molecule has 0 atom stereocenters. The van der Waals surface area contributed by atoms with Gasteiger partial charge in [-0.2, -0.15) is 0 Å². The Balaban J connectivity index is 1.40. The fourth-order valence-electron chi connectivity index (χ4n) is 3.30. The van der Waals surface area contributed by atoms with Crippen LogP contribution >= 0.6 is 0 Å². The Morgan fingerprint density at radius 3 is 2.17 bits per heavy atom. The molecule has 1 N–H and O–H groups in total. The number of ether oxygens (including phenoxy) is 1. The van der Waals surface area contributed by atoms with Crippen molar-refractivity contribution in [3.8, 4) is 5.75 Å². The van der Waals surface area contributed by atoms with Gasteiger partial charge >= 0.3 is 0 Å². The van der Waals surface area contributed by atoms with Gasteiger partial charge in [-0.25, -0.2) is 21.5 Å². The second-order valence-electron chi connectivity index (χ2n) is 7.15. The second-order valence-corrected chi connectivity index (χ2v) is 9.12. The number of sulfonamides is 1. The molecular formula is C21H24F2N2O4S. The first-order chi connectivity index (χ1) is 14.3. The first kappa shape index (κ1) is 22.2. The van der Waals surface area contributed by atoms with Gasteiger partial charge in [0.05, 0.1) is 12.3 Å². The number of halogens is 2. The van der Waals surface area contributed by atoms with Crippen LogP contribution in [-0.4, -0.2) is 44.9 Å². The van der Waals surface area contributed by atoms with Crippen molar-refractivity contribution in [2.24, 2.45) is 5.92 Å². The molecule has 9 heteroatoms. The number of piperidine rings is 1. The molecule has 1 saturated heterocycles. The fourth-order valence-corrected chi connectivity index (χ4v) is 4.86. The summed E-state index contributed by atoms with van der Waals surface area (Å²) in [5.41, 5.74) is 0.525. The quantitative estimate of drug-likeness (QED) is 0.643. The van der Waals surface area contributed by atoms with Crippen LogP contribution in [0.3, 0.4) is 0 Å². The molecule has 1 fully saturated rings. The van der Waals surface area contributed by atoms with Crippen LogP contribution in [0.15, 0.2) is 48.5 Å². The van der Waals surface area contributed by atoms with Gasteiger partial charge < -0.3 is 10.1 Å². The smallest absolute Gasteiger partial charge is 0.223 e. The highest BCUT2D eigenvalue weighted by molar-refractivity contribution is 7.88. The molecule has 0 radical (unpaired) electrons. The maximum Gasteiger partial charge on any atom is 0.223 e. The van der Waals surface area contributed by atoms with Gasteiger partial charge in [0, 0.05) is 19.0 Å². The van der Waals surface area contributed by atoms with Crippen molar-refractivity contribution in [2.75, 3.05) is 26.2 Å². The van der Waals surface area contributed by atoms with Crippen molar-refractivity contribution in [3.05, 3.63) is 65.7 Å². The minimum atomic E-state index is -3.52. The molecule has 162 valence electrons. The first-order valence-corrected chi connectivity index (χ1v) is 11.3. The molecule has 0 unspecified atom stereocenters. The second kappa shape index (κ2) is 9.99. The summed E-state index contributed by atoms with van der Waals surface area (Å²) >= 11 is 0. The Hall–Kier alpha value is -2.52. The Morgan fingerprint density at radius 2 is 1.57 bits per heavy atom. The number of carbonyl (C=O) groups excluding carboxylic acids is 1. The number of rotatable bonds is 8. The van der Waals surface area contributed by atoms with Crippen LogP contribution in [0.5, 0.6) is 5.75 Å². The van der Waals surface area contributed by atoms with Gasteiger partial charge in [-0.05, 0) is 54.8 Å². The molecule has 0 aromatic heterocycles. The summed E-state index contributed by atoms with van der Waals surface area (Å²) in [6.07, 6.45) is 0.876. The molecule has 0 saturated carbocycles. The third kappa shape index (κ3) is 6.24. The van der Waals surface area contributed by atoms with E-state index in [0.29, 0.717) is 30.7 Å². The van der Waals surface area contributed by atoms with E-state index in [9.17, 15) is 22.0 Å². The average molecular weight is 438 g/mol. The van der Waals surface area contributed by atoms with Gasteiger partial charge in [0.1, 0.15) is 24.0 Å². The van der Waals surface area contributed by atoms with Crippen molar-refractivity contribution in [3.63, 3.8) is 0 Å². The van der Waals surface area contributed by atoms with Crippen molar-refractivity contribution >= 4 is 15.9 Å². The number of nitrogens with one attached hydrogen (secondary N) is 1. The monoisotopic (exact) mass is 438 g/mol. The molecule has 0 spiro atoms. The van der Waals surface area contributed by atoms with E-state index in [1.165, 1.54) is 52.8 Å². The van der Waals surface area contributed by atoms with Crippen LogP contribution in [-0.2, 0) is 20.6 Å². The highest BCUT2D eigenvalue weighted by Crippen LogP contribution is 2.22. The van der Waals surface area contributed by atoms with Crippen molar-refractivity contribution < 1.29 is 26.7 Å². The molecule has 0 bridgehead atoms. The van der Waals surface area contributed by atoms with Gasteiger partial charge in [0.15, 0.2) is 0 Å². The first-order valence-electron chi connectivity index (χ1n) is 9.72. The third-order valence-electron chi connectivity index (χ3n) is 4.96. The molecule has 6 nitrogen and oxygen atoms in total. The molecule has 2 aromatic carbocycles. The average Bonchev–Trinajstić information content (AvgIpc) is 2.74. The van der Waals surface area contributed by atoms with Crippen LogP contribution in [0.25, 0.3) is 0 Å². The summed E-state index contributed by atoms with van der Waals surface area (Å²) in [5, 5.41) is 2.79. The molecular weight excluding hydrogens is 414 g/mol. The van der Waals surface area contributed by atoms with Crippen molar-refractivity contribution in [1.29, 1.82) is 0 Å². The van der Waals surface area contributed by atoms with Gasteiger partial charge in [0.25, 0.3) is 0 Å². The lowest BCUT2D eigenvalue weighted by Crippen LogP contribution is -2.43. The van der Waals surface area contributed by atoms with E-state index in [1.807, 2.05) is 0 Å². The van der Waals surface area contributed by atoms with Crippen LogP contribution in [0.2, 0.25) is 0 Å².